The van der Waals surface area contributed by atoms with Crippen LogP contribution in [0, 0.1) is 11.8 Å². The zero-order valence-corrected chi connectivity index (χ0v) is 30.2. The van der Waals surface area contributed by atoms with Crippen LogP contribution in [-0.4, -0.2) is 24.9 Å². The van der Waals surface area contributed by atoms with E-state index in [1.54, 1.807) is 0 Å². The highest BCUT2D eigenvalue weighted by molar-refractivity contribution is 5.77. The first-order valence-electron chi connectivity index (χ1n) is 19.0. The van der Waals surface area contributed by atoms with Crippen molar-refractivity contribution in [3.05, 3.63) is 188 Å². The van der Waals surface area contributed by atoms with Crippen molar-refractivity contribution in [2.45, 2.75) is 18.8 Å². The molecule has 0 aliphatic heterocycles. The Morgan fingerprint density at radius 2 is 0.782 bits per heavy atom. The van der Waals surface area contributed by atoms with Gasteiger partial charge in [-0.05, 0) is 59.4 Å². The molecule has 0 N–H and O–H groups in total. The van der Waals surface area contributed by atoms with Gasteiger partial charge in [-0.2, -0.15) is 0 Å². The number of hydrogen-bond acceptors (Lipinski definition) is 5. The van der Waals surface area contributed by atoms with Gasteiger partial charge in [-0.15, -0.1) is 0 Å². The van der Waals surface area contributed by atoms with E-state index in [1.807, 2.05) is 78.9 Å². The lowest BCUT2D eigenvalue weighted by atomic mass is 9.86. The topological polar surface area (TPSA) is 64.5 Å². The van der Waals surface area contributed by atoms with Crippen LogP contribution < -0.4 is 0 Å². The van der Waals surface area contributed by atoms with Gasteiger partial charge in [0.25, 0.3) is 0 Å². The standard InChI is InChI=1S/C50H37N5/c1-4-11-37(12-5-1)47-51-45(36-25-23-35(24-26-36)44-30-33-19-20-42(44)29-33)32-46(52-47)43-18-10-17-41(31-43)34-21-27-40(28-22-34)50-54-48(38-13-6-2-7-14-38)53-49(55-50)39-15-8-3-9-16-39/h1-28,31-33,42,44H,29-30H2. The Balaban J connectivity index is 0.982. The number of allylic oxidation sites excluding steroid dienone is 2. The molecule has 0 amide bonds. The highest BCUT2D eigenvalue weighted by atomic mass is 15.0. The first kappa shape index (κ1) is 32.8. The van der Waals surface area contributed by atoms with Gasteiger partial charge in [0.2, 0.25) is 0 Å². The molecule has 2 aromatic heterocycles. The zero-order valence-electron chi connectivity index (χ0n) is 30.2. The summed E-state index contributed by atoms with van der Waals surface area (Å²) in [5.41, 5.74) is 11.4. The monoisotopic (exact) mass is 707 g/mol. The van der Waals surface area contributed by atoms with Gasteiger partial charge in [0, 0.05) is 33.4 Å². The summed E-state index contributed by atoms with van der Waals surface area (Å²) in [6, 6.07) is 58.6. The summed E-state index contributed by atoms with van der Waals surface area (Å²) in [5, 5.41) is 0. The molecule has 10 rings (SSSR count). The number of fused-ring (bicyclic) bond motifs is 2. The van der Waals surface area contributed by atoms with Gasteiger partial charge in [0.05, 0.1) is 11.4 Å². The van der Waals surface area contributed by atoms with Crippen LogP contribution in [-0.2, 0) is 0 Å². The molecule has 0 saturated heterocycles. The van der Waals surface area contributed by atoms with Crippen molar-refractivity contribution < 1.29 is 0 Å². The first-order valence-corrected chi connectivity index (χ1v) is 19.0. The summed E-state index contributed by atoms with van der Waals surface area (Å²) in [7, 11) is 0. The molecule has 8 aromatic rings. The largest absolute Gasteiger partial charge is 0.228 e. The van der Waals surface area contributed by atoms with E-state index in [9.17, 15) is 0 Å². The Morgan fingerprint density at radius 1 is 0.327 bits per heavy atom. The molecule has 5 nitrogen and oxygen atoms in total. The minimum atomic E-state index is 0.623. The molecule has 5 heteroatoms. The van der Waals surface area contributed by atoms with E-state index in [0.29, 0.717) is 35.1 Å². The molecule has 3 atom stereocenters. The molecule has 2 aliphatic rings. The van der Waals surface area contributed by atoms with E-state index >= 15 is 0 Å². The summed E-state index contributed by atoms with van der Waals surface area (Å²) in [6.07, 6.45) is 7.40. The van der Waals surface area contributed by atoms with Crippen LogP contribution in [0.5, 0.6) is 0 Å². The molecular formula is C50H37N5. The predicted octanol–water partition coefficient (Wildman–Crippen LogP) is 12.0. The molecule has 1 saturated carbocycles. The van der Waals surface area contributed by atoms with Crippen LogP contribution in [0.25, 0.3) is 79.2 Å². The van der Waals surface area contributed by atoms with Crippen LogP contribution >= 0.6 is 0 Å². The minimum absolute atomic E-state index is 0.623. The Hall–Kier alpha value is -6.85. The van der Waals surface area contributed by atoms with Gasteiger partial charge in [-0.1, -0.05) is 170 Å². The maximum absolute atomic E-state index is 5.12. The second kappa shape index (κ2) is 14.2. The lowest BCUT2D eigenvalue weighted by Crippen LogP contribution is -2.04. The SMILES string of the molecule is C1=CC2CC1CC2c1ccc(-c2cc(-c3cccc(-c4ccc(-c5nc(-c6ccccc6)nc(-c6ccccc6)n5)cc4)c3)nc(-c3ccccc3)n2)cc1. The summed E-state index contributed by atoms with van der Waals surface area (Å²) < 4.78 is 0. The molecule has 55 heavy (non-hydrogen) atoms. The fourth-order valence-electron chi connectivity index (χ4n) is 8.13. The van der Waals surface area contributed by atoms with Gasteiger partial charge in [-0.3, -0.25) is 0 Å². The number of aromatic nitrogens is 5. The molecule has 2 bridgehead atoms. The lowest BCUT2D eigenvalue weighted by Gasteiger charge is -2.19. The quantitative estimate of drug-likeness (QED) is 0.147. The normalized spacial score (nSPS) is 17.1. The van der Waals surface area contributed by atoms with Gasteiger partial charge in [-0.25, -0.2) is 24.9 Å². The Bertz CT molecular complexity index is 2580. The molecule has 2 aliphatic carbocycles. The van der Waals surface area contributed by atoms with E-state index in [-0.39, 0.29) is 0 Å². The molecular weight excluding hydrogens is 671 g/mol. The summed E-state index contributed by atoms with van der Waals surface area (Å²) in [4.78, 5) is 24.9. The third-order valence-electron chi connectivity index (χ3n) is 11.0. The van der Waals surface area contributed by atoms with Gasteiger partial charge >= 0.3 is 0 Å². The molecule has 0 spiro atoms. The smallest absolute Gasteiger partial charge is 0.164 e. The number of hydrogen-bond donors (Lipinski definition) is 0. The Kier molecular flexibility index (Phi) is 8.45. The molecule has 3 unspecified atom stereocenters. The third kappa shape index (κ3) is 6.66. The van der Waals surface area contributed by atoms with Crippen LogP contribution in [0.2, 0.25) is 0 Å². The zero-order chi connectivity index (χ0) is 36.6. The van der Waals surface area contributed by atoms with Gasteiger partial charge < -0.3 is 0 Å². The van der Waals surface area contributed by atoms with E-state index in [4.69, 9.17) is 24.9 Å². The minimum Gasteiger partial charge on any atom is -0.228 e. The first-order chi connectivity index (χ1) is 27.2. The lowest BCUT2D eigenvalue weighted by molar-refractivity contribution is 0.586. The average Bonchev–Trinajstić information content (AvgIpc) is 3.92. The fraction of sp³-hybridized carbons (Fsp3) is 0.100. The predicted molar refractivity (Wildman–Crippen MR) is 222 cm³/mol. The molecule has 6 aromatic carbocycles. The van der Waals surface area contributed by atoms with Crippen molar-refractivity contribution >= 4 is 0 Å². The van der Waals surface area contributed by atoms with Crippen molar-refractivity contribution in [1.82, 2.24) is 24.9 Å². The van der Waals surface area contributed by atoms with Crippen molar-refractivity contribution in [1.29, 1.82) is 0 Å². The maximum atomic E-state index is 5.12. The molecule has 2 heterocycles. The molecule has 0 radical (unpaired) electrons. The van der Waals surface area contributed by atoms with E-state index < -0.39 is 0 Å². The summed E-state index contributed by atoms with van der Waals surface area (Å²) in [6.45, 7) is 0. The number of nitrogens with zero attached hydrogens (tertiary/aromatic N) is 5. The van der Waals surface area contributed by atoms with Crippen molar-refractivity contribution in [2.75, 3.05) is 0 Å². The van der Waals surface area contributed by atoms with E-state index in [1.165, 1.54) is 18.4 Å². The van der Waals surface area contributed by atoms with Crippen molar-refractivity contribution in [3.8, 4) is 79.2 Å². The van der Waals surface area contributed by atoms with E-state index in [2.05, 4.69) is 103 Å². The third-order valence-corrected chi connectivity index (χ3v) is 11.0. The van der Waals surface area contributed by atoms with Crippen molar-refractivity contribution in [3.63, 3.8) is 0 Å². The highest BCUT2D eigenvalue weighted by Gasteiger charge is 2.36. The molecule has 262 valence electrons. The highest BCUT2D eigenvalue weighted by Crippen LogP contribution is 2.49. The van der Waals surface area contributed by atoms with Crippen LogP contribution in [0.1, 0.15) is 24.3 Å². The Morgan fingerprint density at radius 3 is 1.31 bits per heavy atom. The van der Waals surface area contributed by atoms with Gasteiger partial charge in [0.15, 0.2) is 23.3 Å². The fourth-order valence-corrected chi connectivity index (χ4v) is 8.13. The van der Waals surface area contributed by atoms with Crippen LogP contribution in [0.4, 0.5) is 0 Å². The Labute approximate surface area is 321 Å². The van der Waals surface area contributed by atoms with Crippen LogP contribution in [0.3, 0.4) is 0 Å². The van der Waals surface area contributed by atoms with E-state index in [0.717, 1.165) is 61.8 Å². The second-order valence-corrected chi connectivity index (χ2v) is 14.5. The maximum Gasteiger partial charge on any atom is 0.164 e. The second-order valence-electron chi connectivity index (χ2n) is 14.5. The number of rotatable bonds is 8. The van der Waals surface area contributed by atoms with Crippen LogP contribution in [0.15, 0.2) is 182 Å². The average molecular weight is 708 g/mol. The number of benzene rings is 6. The van der Waals surface area contributed by atoms with Crippen molar-refractivity contribution in [2.24, 2.45) is 11.8 Å². The molecule has 1 fully saturated rings. The van der Waals surface area contributed by atoms with Gasteiger partial charge in [0.1, 0.15) is 0 Å². The summed E-state index contributed by atoms with van der Waals surface area (Å²) in [5.74, 6) is 4.69. The summed E-state index contributed by atoms with van der Waals surface area (Å²) >= 11 is 0.